The van der Waals surface area contributed by atoms with E-state index in [0.717, 1.165) is 6.26 Å². The number of nitrogens with zero attached hydrogens (tertiary/aromatic N) is 2. The van der Waals surface area contributed by atoms with Gasteiger partial charge in [-0.25, -0.2) is 8.42 Å². The summed E-state index contributed by atoms with van der Waals surface area (Å²) >= 11 is 0. The molecule has 0 bridgehead atoms. The first-order chi connectivity index (χ1) is 14.1. The number of ether oxygens (including phenoxy) is 1. The second-order valence-corrected chi connectivity index (χ2v) is 8.65. The molecule has 4 aromatic rings. The molecule has 7 nitrogen and oxygen atoms in total. The van der Waals surface area contributed by atoms with Crippen LogP contribution >= 0.6 is 0 Å². The number of sulfone groups is 1. The van der Waals surface area contributed by atoms with Crippen LogP contribution in [0.1, 0.15) is 5.89 Å². The fourth-order valence-electron chi connectivity index (χ4n) is 2.90. The lowest BCUT2D eigenvalue weighted by Crippen LogP contribution is -2.17. The van der Waals surface area contributed by atoms with E-state index in [1.807, 2.05) is 0 Å². The van der Waals surface area contributed by atoms with Gasteiger partial charge < -0.3 is 13.6 Å². The van der Waals surface area contributed by atoms with Gasteiger partial charge in [0.2, 0.25) is 11.8 Å². The van der Waals surface area contributed by atoms with Gasteiger partial charge in [0.15, 0.2) is 9.84 Å². The van der Waals surface area contributed by atoms with Gasteiger partial charge in [0.1, 0.15) is 17.1 Å². The van der Waals surface area contributed by atoms with E-state index in [9.17, 15) is 21.6 Å². The summed E-state index contributed by atoms with van der Waals surface area (Å²) < 4.78 is 75.2. The molecule has 11 heteroatoms. The lowest BCUT2D eigenvalue weighted by atomic mass is 10.0. The van der Waals surface area contributed by atoms with Crippen molar-refractivity contribution in [1.82, 2.24) is 10.2 Å². The second-order valence-electron chi connectivity index (χ2n) is 6.51. The number of alkyl halides is 3. The number of furan rings is 1. The molecule has 0 spiro atoms. The van der Waals surface area contributed by atoms with Gasteiger partial charge in [0, 0.05) is 22.8 Å². The zero-order valence-electron chi connectivity index (χ0n) is 15.3. The normalized spacial score (nSPS) is 12.4. The van der Waals surface area contributed by atoms with Crippen molar-refractivity contribution in [2.75, 3.05) is 6.26 Å². The number of fused-ring (bicyclic) bond motifs is 1. The summed E-state index contributed by atoms with van der Waals surface area (Å²) in [5.74, 6) is -0.674. The summed E-state index contributed by atoms with van der Waals surface area (Å²) in [6, 6.07) is 10.5. The SMILES string of the molecule is CS(=O)(=O)Cc1nnc(-c2ccc3occ(-c4cccc(OC(F)(F)F)c4)c3c2)o1. The predicted molar refractivity (Wildman–Crippen MR) is 100 cm³/mol. The number of benzene rings is 2. The average molecular weight is 438 g/mol. The molecule has 4 rings (SSSR count). The second kappa shape index (κ2) is 7.17. The van der Waals surface area contributed by atoms with Crippen molar-refractivity contribution >= 4 is 20.8 Å². The van der Waals surface area contributed by atoms with Gasteiger partial charge in [0.05, 0.1) is 6.26 Å². The standard InChI is InChI=1S/C19H13F3N2O5S/c1-30(25,26)10-17-23-24-18(28-17)12-5-6-16-14(8-12)15(9-27-16)11-3-2-4-13(7-11)29-19(20,21)22/h2-9H,10H2,1H3. The fraction of sp³-hybridized carbons (Fsp3) is 0.158. The minimum atomic E-state index is -4.80. The number of halogens is 3. The van der Waals surface area contributed by atoms with Crippen LogP contribution in [0.5, 0.6) is 5.75 Å². The third-order valence-corrected chi connectivity index (χ3v) is 4.82. The first-order valence-corrected chi connectivity index (χ1v) is 10.5. The van der Waals surface area contributed by atoms with Crippen molar-refractivity contribution in [1.29, 1.82) is 0 Å². The van der Waals surface area contributed by atoms with Crippen molar-refractivity contribution in [3.05, 3.63) is 54.6 Å². The molecule has 156 valence electrons. The van der Waals surface area contributed by atoms with Gasteiger partial charge >= 0.3 is 6.36 Å². The van der Waals surface area contributed by atoms with Crippen LogP contribution < -0.4 is 4.74 Å². The van der Waals surface area contributed by atoms with Gasteiger partial charge in [0.25, 0.3) is 0 Å². The van der Waals surface area contributed by atoms with Crippen LogP contribution in [-0.4, -0.2) is 31.2 Å². The van der Waals surface area contributed by atoms with Crippen LogP contribution in [0.3, 0.4) is 0 Å². The van der Waals surface area contributed by atoms with Gasteiger partial charge in [-0.15, -0.1) is 23.4 Å². The molecule has 30 heavy (non-hydrogen) atoms. The molecule has 0 aliphatic carbocycles. The molecule has 2 heterocycles. The maximum atomic E-state index is 12.5. The zero-order chi connectivity index (χ0) is 21.5. The Balaban J connectivity index is 1.72. The maximum absolute atomic E-state index is 12.5. The van der Waals surface area contributed by atoms with Crippen molar-refractivity contribution in [2.45, 2.75) is 12.1 Å². The quantitative estimate of drug-likeness (QED) is 0.450. The molecule has 0 radical (unpaired) electrons. The molecule has 0 amide bonds. The smallest absolute Gasteiger partial charge is 0.464 e. The van der Waals surface area contributed by atoms with E-state index in [1.165, 1.54) is 24.5 Å². The molecule has 2 aromatic carbocycles. The van der Waals surface area contributed by atoms with Crippen LogP contribution in [-0.2, 0) is 15.6 Å². The van der Waals surface area contributed by atoms with Crippen LogP contribution in [0.4, 0.5) is 13.2 Å². The van der Waals surface area contributed by atoms with Crippen LogP contribution in [0, 0.1) is 0 Å². The average Bonchev–Trinajstić information content (AvgIpc) is 3.25. The molecule has 0 unspecified atom stereocenters. The molecule has 0 atom stereocenters. The largest absolute Gasteiger partial charge is 0.573 e. The number of aromatic nitrogens is 2. The van der Waals surface area contributed by atoms with Crippen molar-refractivity contribution in [3.63, 3.8) is 0 Å². The number of hydrogen-bond donors (Lipinski definition) is 0. The third kappa shape index (κ3) is 4.46. The lowest BCUT2D eigenvalue weighted by Gasteiger charge is -2.09. The molecule has 0 N–H and O–H groups in total. The van der Waals surface area contributed by atoms with E-state index in [1.54, 1.807) is 24.3 Å². The first kappa shape index (κ1) is 20.0. The van der Waals surface area contributed by atoms with Crippen molar-refractivity contribution < 1.29 is 35.2 Å². The Labute approximate surface area is 168 Å². The lowest BCUT2D eigenvalue weighted by molar-refractivity contribution is -0.274. The summed E-state index contributed by atoms with van der Waals surface area (Å²) in [5, 5.41) is 8.19. The minimum Gasteiger partial charge on any atom is -0.464 e. The fourth-order valence-corrected chi connectivity index (χ4v) is 3.46. The highest BCUT2D eigenvalue weighted by Gasteiger charge is 2.31. The van der Waals surface area contributed by atoms with Crippen molar-refractivity contribution in [3.8, 4) is 28.3 Å². The molecule has 0 saturated heterocycles. The summed E-state index contributed by atoms with van der Waals surface area (Å²) in [4.78, 5) is 0. The topological polar surface area (TPSA) is 95.4 Å². The van der Waals surface area contributed by atoms with E-state index in [-0.39, 0.29) is 23.3 Å². The Bertz CT molecular complexity index is 1330. The highest BCUT2D eigenvalue weighted by atomic mass is 32.2. The summed E-state index contributed by atoms with van der Waals surface area (Å²) in [5.41, 5.74) is 1.98. The van der Waals surface area contributed by atoms with Crippen LogP contribution in [0.2, 0.25) is 0 Å². The molecular formula is C19H13F3N2O5S. The minimum absolute atomic E-state index is 0.0444. The molecule has 0 aliphatic heterocycles. The van der Waals surface area contributed by atoms with Crippen molar-refractivity contribution in [2.24, 2.45) is 0 Å². The predicted octanol–water partition coefficient (Wildman–Crippen LogP) is 4.59. The third-order valence-electron chi connectivity index (χ3n) is 4.05. The Morgan fingerprint density at radius 1 is 1.07 bits per heavy atom. The van der Waals surface area contributed by atoms with Crippen LogP contribution in [0.15, 0.2) is 57.6 Å². The van der Waals surface area contributed by atoms with Gasteiger partial charge in [-0.2, -0.15) is 0 Å². The van der Waals surface area contributed by atoms with Gasteiger partial charge in [-0.1, -0.05) is 12.1 Å². The monoisotopic (exact) mass is 438 g/mol. The van der Waals surface area contributed by atoms with Gasteiger partial charge in [-0.3, -0.25) is 0 Å². The maximum Gasteiger partial charge on any atom is 0.573 e. The zero-order valence-corrected chi connectivity index (χ0v) is 16.1. The van der Waals surface area contributed by atoms with E-state index >= 15 is 0 Å². The van der Waals surface area contributed by atoms with Crippen LogP contribution in [0.25, 0.3) is 33.6 Å². The summed E-state index contributed by atoms with van der Waals surface area (Å²) in [7, 11) is -3.33. The molecule has 0 aliphatic rings. The molecule has 0 fully saturated rings. The van der Waals surface area contributed by atoms with E-state index in [4.69, 9.17) is 8.83 Å². The Morgan fingerprint density at radius 3 is 2.60 bits per heavy atom. The van der Waals surface area contributed by atoms with E-state index < -0.39 is 16.2 Å². The molecule has 2 aromatic heterocycles. The number of hydrogen-bond acceptors (Lipinski definition) is 7. The number of rotatable bonds is 5. The van der Waals surface area contributed by atoms with E-state index in [2.05, 4.69) is 14.9 Å². The first-order valence-electron chi connectivity index (χ1n) is 8.45. The Hall–Kier alpha value is -3.34. The van der Waals surface area contributed by atoms with E-state index in [0.29, 0.717) is 27.7 Å². The van der Waals surface area contributed by atoms with Gasteiger partial charge in [-0.05, 0) is 35.9 Å². The highest BCUT2D eigenvalue weighted by molar-refractivity contribution is 7.89. The Morgan fingerprint density at radius 2 is 1.87 bits per heavy atom. The highest BCUT2D eigenvalue weighted by Crippen LogP contribution is 2.35. The Kier molecular flexibility index (Phi) is 4.77. The summed E-state index contributed by atoms with van der Waals surface area (Å²) in [6.45, 7) is 0. The molecular weight excluding hydrogens is 425 g/mol. The summed E-state index contributed by atoms with van der Waals surface area (Å²) in [6.07, 6.45) is -2.33. The molecule has 0 saturated carbocycles.